The number of ketones is 1. The molecule has 0 aliphatic heterocycles. The molecule has 4 aromatic rings. The second kappa shape index (κ2) is 9.94. The summed E-state index contributed by atoms with van der Waals surface area (Å²) in [6.45, 7) is 0. The van der Waals surface area contributed by atoms with Gasteiger partial charge in [-0.1, -0.05) is 91.0 Å². The third kappa shape index (κ3) is 5.40. The molecule has 0 heterocycles. The minimum atomic E-state index is -0.161. The Bertz CT molecular complexity index is 1180. The zero-order chi connectivity index (χ0) is 21.3. The van der Waals surface area contributed by atoms with Crippen LogP contribution in [0.25, 0.3) is 0 Å². The quantitative estimate of drug-likeness (QED) is 0.229. The van der Waals surface area contributed by atoms with Crippen molar-refractivity contribution < 1.29 is 4.79 Å². The first-order chi connectivity index (χ1) is 15.3. The second-order valence-electron chi connectivity index (χ2n) is 6.87. The number of nitrogens with one attached hydrogen (secondary N) is 1. The van der Waals surface area contributed by atoms with Crippen molar-refractivity contribution in [3.05, 3.63) is 132 Å². The number of benzene rings is 4. The average molecular weight is 403 g/mol. The molecule has 0 amide bonds. The van der Waals surface area contributed by atoms with Gasteiger partial charge in [0.15, 0.2) is 0 Å². The number of carbonyl (C=O) groups is 1. The summed E-state index contributed by atoms with van der Waals surface area (Å²) < 4.78 is 0. The van der Waals surface area contributed by atoms with E-state index in [9.17, 15) is 4.79 Å². The van der Waals surface area contributed by atoms with Gasteiger partial charge in [0.25, 0.3) is 0 Å². The summed E-state index contributed by atoms with van der Waals surface area (Å²) in [5.74, 6) is -0.161. The van der Waals surface area contributed by atoms with Gasteiger partial charge in [0.2, 0.25) is 5.78 Å². The lowest BCUT2D eigenvalue weighted by Gasteiger charge is -2.06. The molecule has 4 nitrogen and oxygen atoms in total. The van der Waals surface area contributed by atoms with Crippen molar-refractivity contribution in [1.29, 1.82) is 0 Å². The van der Waals surface area contributed by atoms with Crippen LogP contribution in [0.15, 0.2) is 125 Å². The molecule has 0 aromatic heterocycles. The van der Waals surface area contributed by atoms with E-state index in [1.165, 1.54) is 0 Å². The van der Waals surface area contributed by atoms with Crippen LogP contribution in [0.3, 0.4) is 0 Å². The van der Waals surface area contributed by atoms with E-state index in [1.54, 1.807) is 18.3 Å². The fraction of sp³-hybridized carbons (Fsp3) is 0. The van der Waals surface area contributed by atoms with E-state index in [0.29, 0.717) is 11.3 Å². The monoisotopic (exact) mass is 403 g/mol. The summed E-state index contributed by atoms with van der Waals surface area (Å²) in [6, 6.07) is 36.3. The molecule has 0 radical (unpaired) electrons. The van der Waals surface area contributed by atoms with Gasteiger partial charge in [-0.05, 0) is 29.8 Å². The first-order valence-electron chi connectivity index (χ1n) is 9.98. The van der Waals surface area contributed by atoms with E-state index in [-0.39, 0.29) is 5.78 Å². The Morgan fingerprint density at radius 1 is 0.613 bits per heavy atom. The highest BCUT2D eigenvalue weighted by Crippen LogP contribution is 2.16. The molecular weight excluding hydrogens is 382 g/mol. The number of nitrogens with zero attached hydrogens (tertiary/aromatic N) is 2. The highest BCUT2D eigenvalue weighted by molar-refractivity contribution is 6.51. The smallest absolute Gasteiger partial charge is 0.213 e. The van der Waals surface area contributed by atoms with Crippen LogP contribution in [0.2, 0.25) is 0 Å². The molecule has 0 bridgehead atoms. The summed E-state index contributed by atoms with van der Waals surface area (Å²) in [5, 5.41) is 11.8. The lowest BCUT2D eigenvalue weighted by atomic mass is 10.0. The van der Waals surface area contributed by atoms with E-state index in [2.05, 4.69) is 15.5 Å². The highest BCUT2D eigenvalue weighted by atomic mass is 16.1. The number of carbonyl (C=O) groups excluding carboxylic acids is 1. The highest BCUT2D eigenvalue weighted by Gasteiger charge is 2.15. The first-order valence-corrected chi connectivity index (χ1v) is 9.98. The SMILES string of the molecule is O=C(/C(=N/N=C/c1ccc(Nc2ccccc2)cc1)c1ccccc1)c1ccccc1. The number of rotatable bonds is 7. The summed E-state index contributed by atoms with van der Waals surface area (Å²) in [7, 11) is 0. The van der Waals surface area contributed by atoms with Crippen LogP contribution in [-0.2, 0) is 0 Å². The van der Waals surface area contributed by atoms with Crippen molar-refractivity contribution in [2.75, 3.05) is 5.32 Å². The fourth-order valence-corrected chi connectivity index (χ4v) is 3.05. The van der Waals surface area contributed by atoms with Gasteiger partial charge in [0, 0.05) is 22.5 Å². The molecular formula is C27H21N3O. The molecule has 0 fully saturated rings. The molecule has 4 heteroatoms. The maximum atomic E-state index is 13.0. The molecule has 0 spiro atoms. The lowest BCUT2D eigenvalue weighted by Crippen LogP contribution is -2.15. The van der Waals surface area contributed by atoms with Crippen LogP contribution in [0, 0.1) is 0 Å². The van der Waals surface area contributed by atoms with Gasteiger partial charge >= 0.3 is 0 Å². The van der Waals surface area contributed by atoms with Gasteiger partial charge in [0.1, 0.15) is 5.71 Å². The number of hydrogen-bond acceptors (Lipinski definition) is 4. The number of anilines is 2. The van der Waals surface area contributed by atoms with Crippen LogP contribution in [-0.4, -0.2) is 17.7 Å². The zero-order valence-corrected chi connectivity index (χ0v) is 16.8. The minimum absolute atomic E-state index is 0.161. The van der Waals surface area contributed by atoms with Crippen molar-refractivity contribution >= 4 is 29.1 Å². The third-order valence-corrected chi connectivity index (χ3v) is 4.64. The maximum absolute atomic E-state index is 13.0. The molecule has 0 atom stereocenters. The van der Waals surface area contributed by atoms with Crippen LogP contribution in [0.5, 0.6) is 0 Å². The Labute approximate surface area is 181 Å². The first kappa shape index (κ1) is 20.0. The second-order valence-corrected chi connectivity index (χ2v) is 6.87. The fourth-order valence-electron chi connectivity index (χ4n) is 3.05. The predicted octanol–water partition coefficient (Wildman–Crippen LogP) is 6.14. The number of hydrogen-bond donors (Lipinski definition) is 1. The topological polar surface area (TPSA) is 53.8 Å². The Morgan fingerprint density at radius 2 is 1.13 bits per heavy atom. The average Bonchev–Trinajstić information content (AvgIpc) is 2.84. The molecule has 0 unspecified atom stereocenters. The molecule has 150 valence electrons. The predicted molar refractivity (Wildman–Crippen MR) is 128 cm³/mol. The Kier molecular flexibility index (Phi) is 6.41. The van der Waals surface area contributed by atoms with Gasteiger partial charge in [-0.2, -0.15) is 5.10 Å². The normalized spacial score (nSPS) is 11.4. The van der Waals surface area contributed by atoms with Crippen molar-refractivity contribution in [2.24, 2.45) is 10.2 Å². The number of para-hydroxylation sites is 1. The lowest BCUT2D eigenvalue weighted by molar-refractivity contribution is 0.106. The molecule has 1 N–H and O–H groups in total. The molecule has 31 heavy (non-hydrogen) atoms. The largest absolute Gasteiger partial charge is 0.356 e. The summed E-state index contributed by atoms with van der Waals surface area (Å²) in [6.07, 6.45) is 1.65. The summed E-state index contributed by atoms with van der Waals surface area (Å²) in [5.41, 5.74) is 4.52. The molecule has 4 aromatic carbocycles. The van der Waals surface area contributed by atoms with Gasteiger partial charge in [-0.25, -0.2) is 0 Å². The molecule has 0 saturated carbocycles. The van der Waals surface area contributed by atoms with E-state index < -0.39 is 0 Å². The Balaban J connectivity index is 1.54. The van der Waals surface area contributed by atoms with Crippen molar-refractivity contribution in [1.82, 2.24) is 0 Å². The summed E-state index contributed by atoms with van der Waals surface area (Å²) >= 11 is 0. The van der Waals surface area contributed by atoms with Crippen LogP contribution < -0.4 is 5.32 Å². The van der Waals surface area contributed by atoms with E-state index in [0.717, 1.165) is 22.5 Å². The standard InChI is InChI=1S/C27H21N3O/c31-27(23-12-6-2-7-13-23)26(22-10-4-1-5-11-22)30-28-20-21-16-18-25(19-17-21)29-24-14-8-3-9-15-24/h1-20,29H/b28-20+,30-26+. The molecule has 0 saturated heterocycles. The van der Waals surface area contributed by atoms with Crippen LogP contribution >= 0.6 is 0 Å². The van der Waals surface area contributed by atoms with E-state index in [1.807, 2.05) is 103 Å². The van der Waals surface area contributed by atoms with Crippen molar-refractivity contribution in [3.8, 4) is 0 Å². The summed E-state index contributed by atoms with van der Waals surface area (Å²) in [4.78, 5) is 13.0. The van der Waals surface area contributed by atoms with E-state index >= 15 is 0 Å². The van der Waals surface area contributed by atoms with E-state index in [4.69, 9.17) is 0 Å². The molecule has 0 aliphatic carbocycles. The van der Waals surface area contributed by atoms with Crippen LogP contribution in [0.1, 0.15) is 21.5 Å². The molecule has 0 aliphatic rings. The molecule has 4 rings (SSSR count). The van der Waals surface area contributed by atoms with Crippen LogP contribution in [0.4, 0.5) is 11.4 Å². The van der Waals surface area contributed by atoms with Gasteiger partial charge in [-0.15, -0.1) is 5.10 Å². The Hall–Kier alpha value is -4.31. The Morgan fingerprint density at radius 3 is 1.74 bits per heavy atom. The van der Waals surface area contributed by atoms with Gasteiger partial charge < -0.3 is 5.32 Å². The van der Waals surface area contributed by atoms with Crippen molar-refractivity contribution in [3.63, 3.8) is 0 Å². The third-order valence-electron chi connectivity index (χ3n) is 4.64. The van der Waals surface area contributed by atoms with Gasteiger partial charge in [0.05, 0.1) is 6.21 Å². The maximum Gasteiger partial charge on any atom is 0.213 e. The van der Waals surface area contributed by atoms with Crippen molar-refractivity contribution in [2.45, 2.75) is 0 Å². The zero-order valence-electron chi connectivity index (χ0n) is 16.8. The number of Topliss-reactive ketones (excluding diaryl/α,β-unsaturated/α-hetero) is 1. The minimum Gasteiger partial charge on any atom is -0.356 e. The van der Waals surface area contributed by atoms with Gasteiger partial charge in [-0.3, -0.25) is 4.79 Å².